The number of carbonyl (C=O) groups excluding carboxylic acids is 2. The van der Waals surface area contributed by atoms with Gasteiger partial charge in [-0.15, -0.1) is 0 Å². The molecule has 0 aliphatic carbocycles. The van der Waals surface area contributed by atoms with E-state index in [1.54, 1.807) is 25.7 Å². The third-order valence-corrected chi connectivity index (χ3v) is 3.76. The van der Waals surface area contributed by atoms with E-state index in [2.05, 4.69) is 0 Å². The molecule has 0 spiro atoms. The van der Waals surface area contributed by atoms with Crippen molar-refractivity contribution >= 4 is 18.1 Å². The van der Waals surface area contributed by atoms with Crippen LogP contribution < -0.4 is 4.74 Å². The van der Waals surface area contributed by atoms with Gasteiger partial charge in [-0.25, -0.2) is 4.79 Å². The zero-order chi connectivity index (χ0) is 19.3. The number of likely N-dealkylation sites (tertiary alicyclic amines) is 1. The highest BCUT2D eigenvalue weighted by Crippen LogP contribution is 2.34. The molecule has 1 amide bonds. The van der Waals surface area contributed by atoms with Crippen LogP contribution in [-0.4, -0.2) is 45.9 Å². The molecule has 0 aromatic heterocycles. The standard InChI is InChI=1S/C19H25NO6/c1-19(2,3)26-18(24)25-16-12-15(22)14(21)11-13(16)7-8-17(23)20-9-5-4-6-10-20/h7-8,11-12,21-22H,4-6,9-10H2,1-3H3/b8-7+. The summed E-state index contributed by atoms with van der Waals surface area (Å²) in [5.41, 5.74) is -0.465. The lowest BCUT2D eigenvalue weighted by Crippen LogP contribution is -2.34. The summed E-state index contributed by atoms with van der Waals surface area (Å²) < 4.78 is 10.2. The highest BCUT2D eigenvalue weighted by Gasteiger charge is 2.20. The van der Waals surface area contributed by atoms with Gasteiger partial charge in [-0.05, 0) is 52.2 Å². The van der Waals surface area contributed by atoms with E-state index < -0.39 is 17.5 Å². The molecular formula is C19H25NO6. The van der Waals surface area contributed by atoms with E-state index in [0.29, 0.717) is 13.1 Å². The molecule has 1 saturated heterocycles. The van der Waals surface area contributed by atoms with Crippen molar-refractivity contribution in [3.63, 3.8) is 0 Å². The predicted molar refractivity (Wildman–Crippen MR) is 96.1 cm³/mol. The Hall–Kier alpha value is -2.70. The summed E-state index contributed by atoms with van der Waals surface area (Å²) >= 11 is 0. The number of piperidine rings is 1. The zero-order valence-electron chi connectivity index (χ0n) is 15.3. The van der Waals surface area contributed by atoms with Crippen molar-refractivity contribution in [2.45, 2.75) is 45.6 Å². The maximum Gasteiger partial charge on any atom is 0.514 e. The van der Waals surface area contributed by atoms with Crippen LogP contribution in [0.15, 0.2) is 18.2 Å². The van der Waals surface area contributed by atoms with Crippen LogP contribution in [0.1, 0.15) is 45.6 Å². The molecule has 1 heterocycles. The zero-order valence-corrected chi connectivity index (χ0v) is 15.3. The fourth-order valence-corrected chi connectivity index (χ4v) is 2.53. The van der Waals surface area contributed by atoms with Gasteiger partial charge in [-0.1, -0.05) is 0 Å². The van der Waals surface area contributed by atoms with Crippen molar-refractivity contribution in [1.29, 1.82) is 0 Å². The molecule has 1 aliphatic heterocycles. The van der Waals surface area contributed by atoms with E-state index in [0.717, 1.165) is 25.3 Å². The molecule has 2 rings (SSSR count). The summed E-state index contributed by atoms with van der Waals surface area (Å²) in [5.74, 6) is -0.993. The molecule has 1 aromatic carbocycles. The number of aromatic hydroxyl groups is 2. The van der Waals surface area contributed by atoms with Crippen LogP contribution in [0.2, 0.25) is 0 Å². The van der Waals surface area contributed by atoms with Crippen molar-refractivity contribution in [3.05, 3.63) is 23.8 Å². The third kappa shape index (κ3) is 5.68. The molecule has 0 bridgehead atoms. The first-order valence-electron chi connectivity index (χ1n) is 8.59. The monoisotopic (exact) mass is 363 g/mol. The van der Waals surface area contributed by atoms with Crippen LogP contribution >= 0.6 is 0 Å². The molecule has 1 aliphatic rings. The van der Waals surface area contributed by atoms with Gasteiger partial charge in [0.2, 0.25) is 5.91 Å². The molecule has 0 unspecified atom stereocenters. The predicted octanol–water partition coefficient (Wildman–Crippen LogP) is 3.44. The minimum Gasteiger partial charge on any atom is -0.504 e. The van der Waals surface area contributed by atoms with E-state index in [4.69, 9.17) is 9.47 Å². The molecule has 1 fully saturated rings. The molecule has 26 heavy (non-hydrogen) atoms. The molecule has 1 aromatic rings. The Labute approximate surface area is 152 Å². The van der Waals surface area contributed by atoms with Gasteiger partial charge in [0.15, 0.2) is 11.5 Å². The molecule has 7 heteroatoms. The third-order valence-electron chi connectivity index (χ3n) is 3.76. The first-order chi connectivity index (χ1) is 12.2. The van der Waals surface area contributed by atoms with Gasteiger partial charge in [0.05, 0.1) is 0 Å². The van der Waals surface area contributed by atoms with Crippen LogP contribution in [0.5, 0.6) is 17.2 Å². The van der Waals surface area contributed by atoms with E-state index in [1.807, 2.05) is 0 Å². The van der Waals surface area contributed by atoms with Gasteiger partial charge < -0.3 is 24.6 Å². The second-order valence-corrected chi connectivity index (χ2v) is 7.16. The number of benzene rings is 1. The Bertz CT molecular complexity index is 699. The largest absolute Gasteiger partial charge is 0.514 e. The van der Waals surface area contributed by atoms with Crippen LogP contribution in [0, 0.1) is 0 Å². The maximum atomic E-state index is 12.2. The Morgan fingerprint density at radius 3 is 2.31 bits per heavy atom. The van der Waals surface area contributed by atoms with Crippen molar-refractivity contribution < 1.29 is 29.3 Å². The number of phenols is 2. The van der Waals surface area contributed by atoms with Crippen molar-refractivity contribution in [2.75, 3.05) is 13.1 Å². The second-order valence-electron chi connectivity index (χ2n) is 7.16. The highest BCUT2D eigenvalue weighted by molar-refractivity contribution is 5.92. The molecule has 0 radical (unpaired) electrons. The van der Waals surface area contributed by atoms with E-state index in [1.165, 1.54) is 18.2 Å². The van der Waals surface area contributed by atoms with Gasteiger partial charge in [-0.3, -0.25) is 4.79 Å². The Morgan fingerprint density at radius 1 is 1.08 bits per heavy atom. The lowest BCUT2D eigenvalue weighted by atomic mass is 10.1. The van der Waals surface area contributed by atoms with Crippen LogP contribution in [0.4, 0.5) is 4.79 Å². The van der Waals surface area contributed by atoms with Crippen LogP contribution in [0.25, 0.3) is 6.08 Å². The number of amides is 1. The van der Waals surface area contributed by atoms with Gasteiger partial charge >= 0.3 is 6.16 Å². The minimum absolute atomic E-state index is 0.0164. The number of carbonyl (C=O) groups is 2. The smallest absolute Gasteiger partial charge is 0.504 e. The molecule has 142 valence electrons. The average molecular weight is 363 g/mol. The van der Waals surface area contributed by atoms with Gasteiger partial charge in [-0.2, -0.15) is 0 Å². The van der Waals surface area contributed by atoms with Gasteiger partial charge in [0, 0.05) is 30.8 Å². The first-order valence-corrected chi connectivity index (χ1v) is 8.59. The summed E-state index contributed by atoms with van der Waals surface area (Å²) in [4.78, 5) is 25.9. The van der Waals surface area contributed by atoms with E-state index in [-0.39, 0.29) is 23.0 Å². The lowest BCUT2D eigenvalue weighted by Gasteiger charge is -2.25. The highest BCUT2D eigenvalue weighted by atomic mass is 16.7. The van der Waals surface area contributed by atoms with Crippen molar-refractivity contribution in [2.24, 2.45) is 0 Å². The van der Waals surface area contributed by atoms with E-state index in [9.17, 15) is 19.8 Å². The summed E-state index contributed by atoms with van der Waals surface area (Å²) in [6.07, 6.45) is 4.93. The number of hydrogen-bond acceptors (Lipinski definition) is 6. The quantitative estimate of drug-likeness (QED) is 0.370. The van der Waals surface area contributed by atoms with Crippen molar-refractivity contribution in [1.82, 2.24) is 4.90 Å². The number of rotatable bonds is 3. The number of hydrogen-bond donors (Lipinski definition) is 2. The summed E-state index contributed by atoms with van der Waals surface area (Å²) in [6.45, 7) is 6.51. The SMILES string of the molecule is CC(C)(C)OC(=O)Oc1cc(O)c(O)cc1/C=C/C(=O)N1CCCCC1. The number of ether oxygens (including phenoxy) is 2. The Morgan fingerprint density at radius 2 is 1.69 bits per heavy atom. The van der Waals surface area contributed by atoms with Gasteiger partial charge in [0.1, 0.15) is 11.4 Å². The first kappa shape index (κ1) is 19.6. The molecule has 2 N–H and O–H groups in total. The Balaban J connectivity index is 2.18. The average Bonchev–Trinajstić information content (AvgIpc) is 2.55. The summed E-state index contributed by atoms with van der Waals surface area (Å²) in [5, 5.41) is 19.4. The number of nitrogens with zero attached hydrogens (tertiary/aromatic N) is 1. The van der Waals surface area contributed by atoms with Crippen molar-refractivity contribution in [3.8, 4) is 17.2 Å². The molecule has 7 nitrogen and oxygen atoms in total. The molecule has 0 saturated carbocycles. The normalized spacial score (nSPS) is 15.1. The van der Waals surface area contributed by atoms with Crippen LogP contribution in [0.3, 0.4) is 0 Å². The molecular weight excluding hydrogens is 338 g/mol. The second kappa shape index (κ2) is 8.12. The summed E-state index contributed by atoms with van der Waals surface area (Å²) in [6, 6.07) is 2.32. The fraction of sp³-hybridized carbons (Fsp3) is 0.474. The van der Waals surface area contributed by atoms with E-state index >= 15 is 0 Å². The minimum atomic E-state index is -0.945. The molecule has 0 atom stereocenters. The topological polar surface area (TPSA) is 96.3 Å². The summed E-state index contributed by atoms with van der Waals surface area (Å²) in [7, 11) is 0. The maximum absolute atomic E-state index is 12.2. The lowest BCUT2D eigenvalue weighted by molar-refractivity contribution is -0.126. The fourth-order valence-electron chi connectivity index (χ4n) is 2.53. The van der Waals surface area contributed by atoms with Crippen LogP contribution in [-0.2, 0) is 9.53 Å². The Kier molecular flexibility index (Phi) is 6.13. The van der Waals surface area contributed by atoms with Gasteiger partial charge in [0.25, 0.3) is 0 Å². The number of phenolic OH excluding ortho intramolecular Hbond substituents is 2.